The normalized spacial score (nSPS) is 19.0. The van der Waals surface area contributed by atoms with E-state index >= 15 is 0 Å². The van der Waals surface area contributed by atoms with Crippen LogP contribution in [0.4, 0.5) is 5.82 Å². The first kappa shape index (κ1) is 16.3. The molecule has 3 heteroatoms. The molecular formula is C18H30N2O. The fourth-order valence-electron chi connectivity index (χ4n) is 3.12. The SMILES string of the molecule is CC(C)c1cc(CO)cc(N(C)C2CCC(C)(C)CC2)n1. The Balaban J connectivity index is 2.18. The van der Waals surface area contributed by atoms with E-state index in [9.17, 15) is 5.11 Å². The van der Waals surface area contributed by atoms with Gasteiger partial charge < -0.3 is 10.0 Å². The summed E-state index contributed by atoms with van der Waals surface area (Å²) in [6, 6.07) is 4.62. The fourth-order valence-corrected chi connectivity index (χ4v) is 3.12. The summed E-state index contributed by atoms with van der Waals surface area (Å²) in [4.78, 5) is 7.13. The van der Waals surface area contributed by atoms with Gasteiger partial charge in [-0.1, -0.05) is 27.7 Å². The number of hydrogen-bond acceptors (Lipinski definition) is 3. The number of aliphatic hydroxyl groups excluding tert-OH is 1. The zero-order chi connectivity index (χ0) is 15.6. The smallest absolute Gasteiger partial charge is 0.129 e. The molecule has 1 aliphatic carbocycles. The molecule has 0 saturated heterocycles. The van der Waals surface area contributed by atoms with Crippen molar-refractivity contribution < 1.29 is 5.11 Å². The fraction of sp³-hybridized carbons (Fsp3) is 0.722. The molecule has 0 amide bonds. The lowest BCUT2D eigenvalue weighted by atomic mass is 9.75. The standard InChI is InChI=1S/C18H30N2O/c1-13(2)16-10-14(12-21)11-17(19-16)20(5)15-6-8-18(3,4)9-7-15/h10-11,13,15,21H,6-9,12H2,1-5H3. The van der Waals surface area contributed by atoms with Crippen LogP contribution in [0.5, 0.6) is 0 Å². The van der Waals surface area contributed by atoms with E-state index in [1.165, 1.54) is 25.7 Å². The average Bonchev–Trinajstić information content (AvgIpc) is 2.46. The minimum absolute atomic E-state index is 0.0841. The van der Waals surface area contributed by atoms with Crippen LogP contribution in [0.3, 0.4) is 0 Å². The molecule has 2 rings (SSSR count). The van der Waals surface area contributed by atoms with E-state index in [1.807, 2.05) is 12.1 Å². The van der Waals surface area contributed by atoms with E-state index < -0.39 is 0 Å². The average molecular weight is 290 g/mol. The van der Waals surface area contributed by atoms with Crippen molar-refractivity contribution in [2.75, 3.05) is 11.9 Å². The second kappa shape index (κ2) is 6.35. The van der Waals surface area contributed by atoms with E-state index in [1.54, 1.807) is 0 Å². The number of hydrogen-bond donors (Lipinski definition) is 1. The molecule has 1 aromatic heterocycles. The lowest BCUT2D eigenvalue weighted by molar-refractivity contribution is 0.222. The number of aromatic nitrogens is 1. The minimum Gasteiger partial charge on any atom is -0.392 e. The molecule has 0 unspecified atom stereocenters. The lowest BCUT2D eigenvalue weighted by Gasteiger charge is -2.39. The summed E-state index contributed by atoms with van der Waals surface area (Å²) in [6.07, 6.45) is 5.01. The van der Waals surface area contributed by atoms with Gasteiger partial charge in [0.25, 0.3) is 0 Å². The summed E-state index contributed by atoms with van der Waals surface area (Å²) < 4.78 is 0. The lowest BCUT2D eigenvalue weighted by Crippen LogP contribution is -2.37. The third-order valence-electron chi connectivity index (χ3n) is 4.88. The Kier molecular flexibility index (Phi) is 4.92. The van der Waals surface area contributed by atoms with Crippen LogP contribution in [-0.4, -0.2) is 23.2 Å². The Morgan fingerprint density at radius 3 is 2.43 bits per heavy atom. The van der Waals surface area contributed by atoms with Gasteiger partial charge in [0.05, 0.1) is 6.61 Å². The molecule has 1 aliphatic rings. The van der Waals surface area contributed by atoms with Gasteiger partial charge >= 0.3 is 0 Å². The predicted molar refractivity (Wildman–Crippen MR) is 88.7 cm³/mol. The highest BCUT2D eigenvalue weighted by atomic mass is 16.3. The molecule has 21 heavy (non-hydrogen) atoms. The summed E-state index contributed by atoms with van der Waals surface area (Å²) in [5.41, 5.74) is 2.52. The third-order valence-corrected chi connectivity index (χ3v) is 4.88. The highest BCUT2D eigenvalue weighted by molar-refractivity contribution is 5.43. The summed E-state index contributed by atoms with van der Waals surface area (Å²) in [7, 11) is 2.15. The van der Waals surface area contributed by atoms with Crippen molar-refractivity contribution in [3.63, 3.8) is 0 Å². The molecule has 0 aliphatic heterocycles. The zero-order valence-electron chi connectivity index (χ0n) is 14.2. The van der Waals surface area contributed by atoms with Crippen LogP contribution in [0.2, 0.25) is 0 Å². The van der Waals surface area contributed by atoms with Gasteiger partial charge in [-0.15, -0.1) is 0 Å². The third kappa shape index (κ3) is 3.97. The van der Waals surface area contributed by atoms with Crippen LogP contribution < -0.4 is 4.90 Å². The van der Waals surface area contributed by atoms with Crippen molar-refractivity contribution in [2.45, 2.75) is 71.9 Å². The van der Waals surface area contributed by atoms with Crippen LogP contribution in [0.1, 0.15) is 70.6 Å². The van der Waals surface area contributed by atoms with Crippen LogP contribution in [-0.2, 0) is 6.61 Å². The highest BCUT2D eigenvalue weighted by Gasteiger charge is 2.29. The van der Waals surface area contributed by atoms with Crippen molar-refractivity contribution in [3.8, 4) is 0 Å². The molecule has 0 spiro atoms. The molecule has 3 nitrogen and oxygen atoms in total. The summed E-state index contributed by atoms with van der Waals surface area (Å²) in [5, 5.41) is 9.48. The van der Waals surface area contributed by atoms with Crippen LogP contribution in [0.15, 0.2) is 12.1 Å². The molecule has 1 N–H and O–H groups in total. The van der Waals surface area contributed by atoms with Crippen molar-refractivity contribution in [1.29, 1.82) is 0 Å². The van der Waals surface area contributed by atoms with Gasteiger partial charge in [0.15, 0.2) is 0 Å². The Bertz CT molecular complexity index is 472. The van der Waals surface area contributed by atoms with Gasteiger partial charge in [-0.2, -0.15) is 0 Å². The molecule has 0 bridgehead atoms. The van der Waals surface area contributed by atoms with Gasteiger partial charge in [-0.3, -0.25) is 0 Å². The zero-order valence-corrected chi connectivity index (χ0v) is 14.2. The second-order valence-corrected chi connectivity index (χ2v) is 7.58. The van der Waals surface area contributed by atoms with E-state index in [0.717, 1.165) is 17.1 Å². The quantitative estimate of drug-likeness (QED) is 0.907. The first-order valence-electron chi connectivity index (χ1n) is 8.17. The van der Waals surface area contributed by atoms with E-state index in [0.29, 0.717) is 17.4 Å². The van der Waals surface area contributed by atoms with Gasteiger partial charge in [0.1, 0.15) is 5.82 Å². The molecule has 118 valence electrons. The van der Waals surface area contributed by atoms with E-state index in [-0.39, 0.29) is 6.61 Å². The number of rotatable bonds is 4. The van der Waals surface area contributed by atoms with Gasteiger partial charge in [-0.05, 0) is 54.7 Å². The summed E-state index contributed by atoms with van der Waals surface area (Å²) >= 11 is 0. The van der Waals surface area contributed by atoms with Crippen LogP contribution in [0, 0.1) is 5.41 Å². The predicted octanol–water partition coefficient (Wildman–Crippen LogP) is 4.10. The van der Waals surface area contributed by atoms with Gasteiger partial charge in [-0.25, -0.2) is 4.98 Å². The van der Waals surface area contributed by atoms with E-state index in [4.69, 9.17) is 4.98 Å². The molecular weight excluding hydrogens is 260 g/mol. The number of nitrogens with zero attached hydrogens (tertiary/aromatic N) is 2. The maximum absolute atomic E-state index is 9.48. The summed E-state index contributed by atoms with van der Waals surface area (Å²) in [5.74, 6) is 1.39. The van der Waals surface area contributed by atoms with Gasteiger partial charge in [0, 0.05) is 18.8 Å². The minimum atomic E-state index is 0.0841. The number of aliphatic hydroxyl groups is 1. The Morgan fingerprint density at radius 1 is 1.29 bits per heavy atom. The molecule has 0 aromatic carbocycles. The van der Waals surface area contributed by atoms with Crippen molar-refractivity contribution in [3.05, 3.63) is 23.4 Å². The van der Waals surface area contributed by atoms with Crippen LogP contribution in [0.25, 0.3) is 0 Å². The molecule has 1 aromatic rings. The number of pyridine rings is 1. The van der Waals surface area contributed by atoms with Crippen molar-refractivity contribution in [2.24, 2.45) is 5.41 Å². The first-order valence-corrected chi connectivity index (χ1v) is 8.17. The van der Waals surface area contributed by atoms with E-state index in [2.05, 4.69) is 39.6 Å². The second-order valence-electron chi connectivity index (χ2n) is 7.58. The van der Waals surface area contributed by atoms with Crippen molar-refractivity contribution >= 4 is 5.82 Å². The summed E-state index contributed by atoms with van der Waals surface area (Å²) in [6.45, 7) is 9.11. The topological polar surface area (TPSA) is 36.4 Å². The molecule has 1 fully saturated rings. The monoisotopic (exact) mass is 290 g/mol. The maximum Gasteiger partial charge on any atom is 0.129 e. The Labute approximate surface area is 129 Å². The highest BCUT2D eigenvalue weighted by Crippen LogP contribution is 2.37. The largest absolute Gasteiger partial charge is 0.392 e. The molecule has 0 atom stereocenters. The first-order chi connectivity index (χ1) is 9.82. The van der Waals surface area contributed by atoms with Gasteiger partial charge in [0.2, 0.25) is 0 Å². The Morgan fingerprint density at radius 2 is 1.90 bits per heavy atom. The van der Waals surface area contributed by atoms with Crippen molar-refractivity contribution in [1.82, 2.24) is 4.98 Å². The van der Waals surface area contributed by atoms with Crippen LogP contribution >= 0.6 is 0 Å². The molecule has 0 radical (unpaired) electrons. The maximum atomic E-state index is 9.48. The molecule has 1 saturated carbocycles. The molecule has 1 heterocycles. The number of anilines is 1. The Hall–Kier alpha value is -1.09.